The number of para-hydroxylation sites is 2. The van der Waals surface area contributed by atoms with Crippen molar-refractivity contribution in [1.82, 2.24) is 14.9 Å². The fraction of sp³-hybridized carbons (Fsp3) is 0.529. The highest BCUT2D eigenvalue weighted by atomic mass is 16.3. The van der Waals surface area contributed by atoms with Crippen LogP contribution < -0.4 is 5.32 Å². The molecule has 0 saturated carbocycles. The molecule has 7 nitrogen and oxygen atoms in total. The van der Waals surface area contributed by atoms with E-state index in [-0.39, 0.29) is 0 Å². The topological polar surface area (TPSA) is 91.9 Å². The maximum Gasteiger partial charge on any atom is 0.138 e. The largest absolute Gasteiger partial charge is 0.385 e. The van der Waals surface area contributed by atoms with Crippen molar-refractivity contribution in [2.45, 2.75) is 51.3 Å². The van der Waals surface area contributed by atoms with Crippen LogP contribution in [-0.2, 0) is 6.54 Å². The fourth-order valence-corrected chi connectivity index (χ4v) is 3.34. The number of nitrogens with zero attached hydrogens (tertiary/aromatic N) is 4. The van der Waals surface area contributed by atoms with Crippen LogP contribution in [0.15, 0.2) is 34.7 Å². The zero-order valence-electron chi connectivity index (χ0n) is 13.9. The van der Waals surface area contributed by atoms with Gasteiger partial charge in [0.05, 0.1) is 28.6 Å². The second-order valence-corrected chi connectivity index (χ2v) is 6.32. The Labute approximate surface area is 140 Å². The van der Waals surface area contributed by atoms with Crippen LogP contribution in [0, 0.1) is 4.91 Å². The highest BCUT2D eigenvalue weighted by molar-refractivity contribution is 5.87. The number of hydrogen-bond donors (Lipinski definition) is 2. The van der Waals surface area contributed by atoms with Crippen molar-refractivity contribution in [3.63, 3.8) is 0 Å². The number of piperidine rings is 1. The van der Waals surface area contributed by atoms with E-state index in [0.29, 0.717) is 30.5 Å². The van der Waals surface area contributed by atoms with Gasteiger partial charge in [0, 0.05) is 12.5 Å². The summed E-state index contributed by atoms with van der Waals surface area (Å²) in [5, 5.41) is 20.1. The second-order valence-electron chi connectivity index (χ2n) is 6.32. The number of nitrogens with one attached hydrogen (secondary N) is 1. The van der Waals surface area contributed by atoms with Gasteiger partial charge in [-0.1, -0.05) is 18.6 Å². The molecule has 7 heteroatoms. The molecule has 2 N–H and O–H groups in total. The number of nitroso groups, excluding NO2 is 1. The molecule has 2 atom stereocenters. The third kappa shape index (κ3) is 3.68. The van der Waals surface area contributed by atoms with Gasteiger partial charge in [0.1, 0.15) is 11.9 Å². The van der Waals surface area contributed by atoms with Crippen molar-refractivity contribution in [2.24, 2.45) is 10.4 Å². The van der Waals surface area contributed by atoms with Crippen LogP contribution in [0.25, 0.3) is 11.0 Å². The molecule has 1 aromatic carbocycles. The lowest BCUT2D eigenvalue weighted by molar-refractivity contribution is 0.185. The number of hydrogen-bond acceptors (Lipinski definition) is 5. The smallest absolute Gasteiger partial charge is 0.138 e. The Bertz CT molecular complexity index is 732. The summed E-state index contributed by atoms with van der Waals surface area (Å²) in [6.07, 6.45) is 3.43. The molecule has 1 aromatic heterocycles. The predicted molar refractivity (Wildman–Crippen MR) is 93.9 cm³/mol. The molecule has 0 aliphatic carbocycles. The van der Waals surface area contributed by atoms with Gasteiger partial charge >= 0.3 is 0 Å². The Hall–Kier alpha value is -2.12. The van der Waals surface area contributed by atoms with E-state index in [9.17, 15) is 10.0 Å². The molecule has 0 bridgehead atoms. The third-order valence-corrected chi connectivity index (χ3v) is 4.48. The summed E-state index contributed by atoms with van der Waals surface area (Å²) >= 11 is 0. The lowest BCUT2D eigenvalue weighted by Gasteiger charge is -2.24. The summed E-state index contributed by atoms with van der Waals surface area (Å²) in [5.74, 6) is 0.575. The monoisotopic (exact) mass is 329 g/mol. The number of benzene rings is 1. The second kappa shape index (κ2) is 7.63. The third-order valence-electron chi connectivity index (χ3n) is 4.48. The average Bonchev–Trinajstić information content (AvgIpc) is 2.95. The molecule has 0 unspecified atom stereocenters. The molecular formula is C17H23N5O2. The predicted octanol–water partition coefficient (Wildman–Crippen LogP) is 2.74. The lowest BCUT2D eigenvalue weighted by Crippen LogP contribution is -2.36. The average molecular weight is 329 g/mol. The minimum Gasteiger partial charge on any atom is -0.385 e. The minimum atomic E-state index is -0.698. The Morgan fingerprint density at radius 1 is 1.46 bits per heavy atom. The van der Waals surface area contributed by atoms with Gasteiger partial charge < -0.3 is 15.0 Å². The first-order valence-electron chi connectivity index (χ1n) is 8.43. The molecular weight excluding hydrogens is 306 g/mol. The van der Waals surface area contributed by atoms with Crippen LogP contribution >= 0.6 is 0 Å². The fourth-order valence-electron chi connectivity index (χ4n) is 3.34. The van der Waals surface area contributed by atoms with Gasteiger partial charge in [-0.3, -0.25) is 0 Å². The van der Waals surface area contributed by atoms with Crippen molar-refractivity contribution in [2.75, 3.05) is 6.54 Å². The van der Waals surface area contributed by atoms with E-state index in [2.05, 4.69) is 20.7 Å². The van der Waals surface area contributed by atoms with Crippen molar-refractivity contribution < 1.29 is 5.11 Å². The molecule has 1 saturated heterocycles. The zero-order valence-corrected chi connectivity index (χ0v) is 13.9. The van der Waals surface area contributed by atoms with Gasteiger partial charge in [-0.15, -0.1) is 10.0 Å². The van der Waals surface area contributed by atoms with Crippen molar-refractivity contribution in [3.8, 4) is 0 Å². The SMILES string of the molecule is C[C@H](O)c1nc2ccccc2n1CC(C[C@@H]1CCCCN1)=NN=O. The van der Waals surface area contributed by atoms with Crippen LogP contribution in [0.5, 0.6) is 0 Å². The molecule has 1 fully saturated rings. The first kappa shape index (κ1) is 16.7. The molecule has 1 aliphatic heterocycles. The van der Waals surface area contributed by atoms with Gasteiger partial charge in [-0.05, 0) is 38.4 Å². The van der Waals surface area contributed by atoms with Crippen molar-refractivity contribution in [1.29, 1.82) is 0 Å². The molecule has 1 aliphatic rings. The molecule has 2 heterocycles. The number of aliphatic hydroxyl groups excluding tert-OH is 1. The van der Waals surface area contributed by atoms with E-state index >= 15 is 0 Å². The van der Waals surface area contributed by atoms with Crippen molar-refractivity contribution in [3.05, 3.63) is 35.0 Å². The van der Waals surface area contributed by atoms with Crippen LogP contribution in [0.1, 0.15) is 44.5 Å². The van der Waals surface area contributed by atoms with Crippen LogP contribution in [0.4, 0.5) is 0 Å². The summed E-state index contributed by atoms with van der Waals surface area (Å²) in [4.78, 5) is 15.2. The van der Waals surface area contributed by atoms with Crippen LogP contribution in [-0.4, -0.2) is 33.0 Å². The summed E-state index contributed by atoms with van der Waals surface area (Å²) in [7, 11) is 0. The van der Waals surface area contributed by atoms with Gasteiger partial charge in [0.15, 0.2) is 0 Å². The first-order chi connectivity index (χ1) is 11.7. The van der Waals surface area contributed by atoms with E-state index in [0.717, 1.165) is 24.0 Å². The van der Waals surface area contributed by atoms with Gasteiger partial charge in [-0.2, -0.15) is 0 Å². The number of aromatic nitrogens is 2. The lowest BCUT2D eigenvalue weighted by atomic mass is 9.99. The number of imidazole rings is 1. The van der Waals surface area contributed by atoms with E-state index < -0.39 is 6.10 Å². The summed E-state index contributed by atoms with van der Waals surface area (Å²) in [6, 6.07) is 8.04. The Morgan fingerprint density at radius 3 is 3.00 bits per heavy atom. The highest BCUT2D eigenvalue weighted by Gasteiger charge is 2.19. The van der Waals surface area contributed by atoms with Crippen molar-refractivity contribution >= 4 is 16.7 Å². The van der Waals surface area contributed by atoms with Crippen LogP contribution in [0.2, 0.25) is 0 Å². The summed E-state index contributed by atoms with van der Waals surface area (Å²) in [6.45, 7) is 3.10. The first-order valence-corrected chi connectivity index (χ1v) is 8.43. The Balaban J connectivity index is 1.89. The highest BCUT2D eigenvalue weighted by Crippen LogP contribution is 2.21. The van der Waals surface area contributed by atoms with E-state index in [1.54, 1.807) is 6.92 Å². The van der Waals surface area contributed by atoms with E-state index in [4.69, 9.17) is 0 Å². The van der Waals surface area contributed by atoms with Gasteiger partial charge in [-0.25, -0.2) is 4.98 Å². The van der Waals surface area contributed by atoms with E-state index in [1.165, 1.54) is 12.8 Å². The zero-order chi connectivity index (χ0) is 16.9. The minimum absolute atomic E-state index is 0.323. The van der Waals surface area contributed by atoms with Gasteiger partial charge in [0.2, 0.25) is 0 Å². The number of aliphatic hydroxyl groups is 1. The van der Waals surface area contributed by atoms with E-state index in [1.807, 2.05) is 28.8 Å². The number of rotatable bonds is 6. The molecule has 128 valence electrons. The Morgan fingerprint density at radius 2 is 2.29 bits per heavy atom. The normalized spacial score (nSPS) is 20.2. The maximum atomic E-state index is 10.7. The molecule has 24 heavy (non-hydrogen) atoms. The summed E-state index contributed by atoms with van der Waals surface area (Å²) in [5.41, 5.74) is 2.45. The summed E-state index contributed by atoms with van der Waals surface area (Å²) < 4.78 is 1.92. The molecule has 0 amide bonds. The Kier molecular flexibility index (Phi) is 5.32. The molecule has 0 spiro atoms. The molecule has 0 radical (unpaired) electrons. The maximum absolute atomic E-state index is 10.7. The molecule has 3 rings (SSSR count). The molecule has 2 aromatic rings. The van der Waals surface area contributed by atoms with Gasteiger partial charge in [0.25, 0.3) is 0 Å². The van der Waals surface area contributed by atoms with Crippen LogP contribution in [0.3, 0.4) is 0 Å². The quantitative estimate of drug-likeness (QED) is 0.484. The standard InChI is InChI=1S/C17H23N5O2/c1-12(23)17-19-15-7-2-3-8-16(15)22(17)11-14(20-21-24)10-13-6-4-5-9-18-13/h2-3,7-8,12-13,18,23H,4-6,9-11H2,1H3/t12-,13-/m0/s1. The number of fused-ring (bicyclic) bond motifs is 1.